The third-order valence-corrected chi connectivity index (χ3v) is 10.5. The summed E-state index contributed by atoms with van der Waals surface area (Å²) < 4.78 is 0. The molecule has 29 heavy (non-hydrogen) atoms. The Hall–Kier alpha value is -0.940. The van der Waals surface area contributed by atoms with E-state index in [2.05, 4.69) is 20.1 Å². The van der Waals surface area contributed by atoms with E-state index in [9.17, 15) is 15.0 Å². The second kappa shape index (κ2) is 6.53. The summed E-state index contributed by atoms with van der Waals surface area (Å²) in [6, 6.07) is 0. The van der Waals surface area contributed by atoms with Gasteiger partial charge in [-0.05, 0) is 86.9 Å². The Morgan fingerprint density at radius 1 is 1.10 bits per heavy atom. The summed E-state index contributed by atoms with van der Waals surface area (Å²) in [7, 11) is 0. The van der Waals surface area contributed by atoms with Gasteiger partial charge >= 0.3 is 5.97 Å². The van der Waals surface area contributed by atoms with E-state index in [1.165, 1.54) is 19.3 Å². The second-order valence-electron chi connectivity index (χ2n) is 11.4. The SMILES string of the molecule is CC(CCC(=O)O)C1CCC2C3CC(O)C4CC(O)CCC45C=NC35CCC12C. The number of rotatable bonds is 4. The van der Waals surface area contributed by atoms with E-state index < -0.39 is 5.97 Å². The van der Waals surface area contributed by atoms with Gasteiger partial charge in [0, 0.05) is 24.0 Å². The highest BCUT2D eigenvalue weighted by Gasteiger charge is 2.73. The fourth-order valence-electron chi connectivity index (χ4n) is 9.12. The average Bonchev–Trinajstić information content (AvgIpc) is 3.02. The minimum absolute atomic E-state index is 0.00288. The average molecular weight is 404 g/mol. The molecule has 1 heterocycles. The van der Waals surface area contributed by atoms with Crippen molar-refractivity contribution in [1.29, 1.82) is 0 Å². The lowest BCUT2D eigenvalue weighted by Gasteiger charge is -2.70. The van der Waals surface area contributed by atoms with Gasteiger partial charge in [-0.1, -0.05) is 13.8 Å². The Balaban J connectivity index is 1.43. The summed E-state index contributed by atoms with van der Waals surface area (Å²) in [5, 5.41) is 30.5. The monoisotopic (exact) mass is 403 g/mol. The van der Waals surface area contributed by atoms with E-state index in [4.69, 9.17) is 10.1 Å². The normalized spacial score (nSPS) is 53.8. The molecular weight excluding hydrogens is 366 g/mol. The molecule has 0 aromatic carbocycles. The van der Waals surface area contributed by atoms with Gasteiger partial charge in [-0.25, -0.2) is 0 Å². The van der Waals surface area contributed by atoms with Crippen LogP contribution in [0.25, 0.3) is 0 Å². The van der Waals surface area contributed by atoms with Crippen LogP contribution in [0.1, 0.15) is 78.1 Å². The highest BCUT2D eigenvalue weighted by molar-refractivity contribution is 5.78. The smallest absolute Gasteiger partial charge is 0.303 e. The van der Waals surface area contributed by atoms with Gasteiger partial charge in [0.15, 0.2) is 0 Å². The van der Waals surface area contributed by atoms with Crippen molar-refractivity contribution < 1.29 is 20.1 Å². The molecule has 10 atom stereocenters. The van der Waals surface area contributed by atoms with E-state index in [0.717, 1.165) is 38.5 Å². The predicted octanol–water partition coefficient (Wildman–Crippen LogP) is 3.67. The molecule has 0 bridgehead atoms. The molecule has 3 N–H and O–H groups in total. The van der Waals surface area contributed by atoms with Crippen LogP contribution in [-0.2, 0) is 4.79 Å². The van der Waals surface area contributed by atoms with Crippen molar-refractivity contribution in [3.63, 3.8) is 0 Å². The third-order valence-electron chi connectivity index (χ3n) is 10.5. The maximum Gasteiger partial charge on any atom is 0.303 e. The van der Waals surface area contributed by atoms with Gasteiger partial charge in [-0.15, -0.1) is 0 Å². The lowest BCUT2D eigenvalue weighted by Crippen LogP contribution is -2.73. The van der Waals surface area contributed by atoms with Crippen molar-refractivity contribution >= 4 is 12.2 Å². The maximum atomic E-state index is 11.2. The van der Waals surface area contributed by atoms with Gasteiger partial charge in [-0.3, -0.25) is 9.79 Å². The summed E-state index contributed by atoms with van der Waals surface area (Å²) in [5.41, 5.74) is 0.226. The van der Waals surface area contributed by atoms with Crippen LogP contribution in [0.2, 0.25) is 0 Å². The maximum absolute atomic E-state index is 11.2. The van der Waals surface area contributed by atoms with E-state index in [0.29, 0.717) is 23.7 Å². The zero-order valence-electron chi connectivity index (χ0n) is 17.9. The number of aliphatic hydroxyl groups excluding tert-OH is 2. The molecule has 0 aromatic heterocycles. The largest absolute Gasteiger partial charge is 0.481 e. The lowest BCUT2D eigenvalue weighted by atomic mass is 9.38. The first kappa shape index (κ1) is 20.0. The minimum atomic E-state index is -0.689. The first-order valence-electron chi connectivity index (χ1n) is 11.9. The molecule has 10 unspecified atom stereocenters. The number of hydrogen-bond acceptors (Lipinski definition) is 4. The molecule has 0 saturated heterocycles. The van der Waals surface area contributed by atoms with Crippen molar-refractivity contribution in [2.45, 2.75) is 95.8 Å². The number of aliphatic hydroxyl groups is 2. The molecule has 5 nitrogen and oxygen atoms in total. The summed E-state index contributed by atoms with van der Waals surface area (Å²) in [6.07, 6.45) is 10.6. The highest BCUT2D eigenvalue weighted by Crippen LogP contribution is 2.73. The van der Waals surface area contributed by atoms with E-state index >= 15 is 0 Å². The molecule has 0 amide bonds. The topological polar surface area (TPSA) is 90.1 Å². The van der Waals surface area contributed by atoms with Crippen LogP contribution in [-0.4, -0.2) is 45.3 Å². The summed E-state index contributed by atoms with van der Waals surface area (Å²) >= 11 is 0. The Morgan fingerprint density at radius 2 is 1.90 bits per heavy atom. The predicted molar refractivity (Wildman–Crippen MR) is 111 cm³/mol. The molecular formula is C24H37NO4. The van der Waals surface area contributed by atoms with Crippen LogP contribution in [0.3, 0.4) is 0 Å². The van der Waals surface area contributed by atoms with Crippen molar-refractivity contribution in [2.24, 2.45) is 45.4 Å². The fraction of sp³-hybridized carbons (Fsp3) is 0.917. The van der Waals surface area contributed by atoms with Gasteiger partial charge in [0.25, 0.3) is 0 Å². The zero-order valence-corrected chi connectivity index (χ0v) is 17.9. The number of carbonyl (C=O) groups is 1. The Bertz CT molecular complexity index is 724. The van der Waals surface area contributed by atoms with Gasteiger partial charge < -0.3 is 15.3 Å². The van der Waals surface area contributed by atoms with Crippen LogP contribution in [0.5, 0.6) is 0 Å². The molecule has 4 fully saturated rings. The number of aliphatic imine (C=N–C) groups is 1. The summed E-state index contributed by atoms with van der Waals surface area (Å²) in [5.74, 6) is 1.49. The molecule has 5 heteroatoms. The van der Waals surface area contributed by atoms with Crippen LogP contribution >= 0.6 is 0 Å². The zero-order chi connectivity index (χ0) is 20.6. The van der Waals surface area contributed by atoms with E-state index in [1.807, 2.05) is 0 Å². The van der Waals surface area contributed by atoms with Crippen molar-refractivity contribution in [3.05, 3.63) is 0 Å². The van der Waals surface area contributed by atoms with E-state index in [1.54, 1.807) is 0 Å². The Morgan fingerprint density at radius 3 is 2.59 bits per heavy atom. The number of carboxylic acids is 1. The molecule has 1 aliphatic heterocycles. The third kappa shape index (κ3) is 2.52. The van der Waals surface area contributed by atoms with Gasteiger partial charge in [0.2, 0.25) is 0 Å². The Kier molecular flexibility index (Phi) is 4.50. The van der Waals surface area contributed by atoms with Crippen LogP contribution in [0, 0.1) is 40.4 Å². The van der Waals surface area contributed by atoms with Crippen LogP contribution in [0.4, 0.5) is 0 Å². The number of aliphatic carboxylic acids is 1. The van der Waals surface area contributed by atoms with Gasteiger partial charge in [-0.2, -0.15) is 0 Å². The van der Waals surface area contributed by atoms with Crippen molar-refractivity contribution in [2.75, 3.05) is 0 Å². The first-order valence-corrected chi connectivity index (χ1v) is 11.9. The molecule has 5 rings (SSSR count). The number of hydrogen-bond donors (Lipinski definition) is 3. The quantitative estimate of drug-likeness (QED) is 0.668. The molecule has 162 valence electrons. The minimum Gasteiger partial charge on any atom is -0.481 e. The highest BCUT2D eigenvalue weighted by atomic mass is 16.4. The standard InChI is InChI=1S/C24H37NO4/c1-14(3-6-21(28)29)16-4-5-17-18-12-20(27)19-11-15(26)7-8-23(19)13-25-24(18,23)10-9-22(16,17)2/h13-20,26-27H,3-12H2,1-2H3,(H,28,29). The molecule has 0 radical (unpaired) electrons. The number of nitrogens with zero attached hydrogens (tertiary/aromatic N) is 1. The molecule has 2 spiro atoms. The molecule has 4 saturated carbocycles. The summed E-state index contributed by atoms with van der Waals surface area (Å²) in [6.45, 7) is 4.71. The van der Waals surface area contributed by atoms with Crippen molar-refractivity contribution in [3.8, 4) is 0 Å². The van der Waals surface area contributed by atoms with Gasteiger partial charge in [0.1, 0.15) is 0 Å². The second-order valence-corrected chi connectivity index (χ2v) is 11.4. The summed E-state index contributed by atoms with van der Waals surface area (Å²) in [4.78, 5) is 16.2. The number of fused-ring (bicyclic) bond motifs is 2. The molecule has 4 aliphatic carbocycles. The molecule has 0 aromatic rings. The lowest BCUT2D eigenvalue weighted by molar-refractivity contribution is -0.174. The van der Waals surface area contributed by atoms with Gasteiger partial charge in [0.05, 0.1) is 17.7 Å². The first-order chi connectivity index (χ1) is 13.7. The van der Waals surface area contributed by atoms with E-state index in [-0.39, 0.29) is 40.9 Å². The van der Waals surface area contributed by atoms with Crippen LogP contribution in [0.15, 0.2) is 4.99 Å². The van der Waals surface area contributed by atoms with Crippen molar-refractivity contribution in [1.82, 2.24) is 0 Å². The number of carboxylic acid groups (broad SMARTS) is 1. The Labute approximate surface area is 174 Å². The molecule has 5 aliphatic rings. The fourth-order valence-corrected chi connectivity index (χ4v) is 9.12. The van der Waals surface area contributed by atoms with Crippen LogP contribution < -0.4 is 0 Å².